The van der Waals surface area contributed by atoms with Gasteiger partial charge in [0.05, 0.1) is 11.9 Å². The summed E-state index contributed by atoms with van der Waals surface area (Å²) in [5.74, 6) is -1.74. The molecular formula is C18H16N4O4. The number of benzene rings is 1. The van der Waals surface area contributed by atoms with Gasteiger partial charge in [-0.15, -0.1) is 0 Å². The summed E-state index contributed by atoms with van der Waals surface area (Å²) in [5, 5.41) is 8.14. The van der Waals surface area contributed by atoms with Crippen molar-refractivity contribution >= 4 is 29.0 Å². The van der Waals surface area contributed by atoms with Gasteiger partial charge in [-0.25, -0.2) is 4.90 Å². The quantitative estimate of drug-likeness (QED) is 0.612. The van der Waals surface area contributed by atoms with Gasteiger partial charge in [-0.05, 0) is 38.1 Å². The highest BCUT2D eigenvalue weighted by molar-refractivity contribution is 6.32. The number of aromatic nitrogens is 2. The fourth-order valence-electron chi connectivity index (χ4n) is 3.25. The second kappa shape index (κ2) is 5.62. The predicted octanol–water partition coefficient (Wildman–Crippen LogP) is 1.22. The van der Waals surface area contributed by atoms with Crippen LogP contribution in [0.4, 0.5) is 5.69 Å². The van der Waals surface area contributed by atoms with Crippen molar-refractivity contribution in [3.05, 3.63) is 47.3 Å². The van der Waals surface area contributed by atoms with Gasteiger partial charge in [0.2, 0.25) is 12.0 Å². The van der Waals surface area contributed by atoms with Gasteiger partial charge in [0, 0.05) is 23.9 Å². The van der Waals surface area contributed by atoms with Crippen molar-refractivity contribution in [2.24, 2.45) is 18.1 Å². The first-order chi connectivity index (χ1) is 12.4. The summed E-state index contributed by atoms with van der Waals surface area (Å²) in [4.78, 5) is 43.5. The van der Waals surface area contributed by atoms with Crippen molar-refractivity contribution in [1.82, 2.24) is 9.78 Å². The highest BCUT2D eigenvalue weighted by Gasteiger charge is 2.56. The first kappa shape index (κ1) is 16.2. The van der Waals surface area contributed by atoms with Crippen LogP contribution in [0.2, 0.25) is 0 Å². The van der Waals surface area contributed by atoms with E-state index in [1.54, 1.807) is 42.2 Å². The molecule has 0 aliphatic carbocycles. The number of fused-ring (bicyclic) bond motifs is 1. The van der Waals surface area contributed by atoms with E-state index < -0.39 is 23.8 Å². The molecule has 2 atom stereocenters. The van der Waals surface area contributed by atoms with Crippen LogP contribution < -0.4 is 4.90 Å². The van der Waals surface area contributed by atoms with Crippen molar-refractivity contribution in [2.75, 3.05) is 4.90 Å². The smallest absolute Gasteiger partial charge is 0.278 e. The molecular weight excluding hydrogens is 336 g/mol. The van der Waals surface area contributed by atoms with Crippen LogP contribution in [-0.4, -0.2) is 39.2 Å². The summed E-state index contributed by atoms with van der Waals surface area (Å²) in [6, 6.07) is 6.35. The zero-order valence-electron chi connectivity index (χ0n) is 14.5. The van der Waals surface area contributed by atoms with Gasteiger partial charge in [-0.1, -0.05) is 5.16 Å². The summed E-state index contributed by atoms with van der Waals surface area (Å²) >= 11 is 0. The maximum atomic E-state index is 13.0. The average Bonchev–Trinajstić information content (AvgIpc) is 3.25. The minimum Gasteiger partial charge on any atom is -0.381 e. The molecule has 2 aliphatic rings. The van der Waals surface area contributed by atoms with E-state index in [2.05, 4.69) is 10.3 Å². The lowest BCUT2D eigenvalue weighted by Gasteiger charge is -2.15. The van der Waals surface area contributed by atoms with Crippen LogP contribution in [0.3, 0.4) is 0 Å². The number of oxime groups is 1. The molecule has 1 aromatic heterocycles. The number of nitrogens with zero attached hydrogens (tertiary/aromatic N) is 4. The molecule has 132 valence electrons. The molecule has 2 aliphatic heterocycles. The third-order valence-corrected chi connectivity index (χ3v) is 4.86. The SMILES string of the molecule is CC(=O)c1ccc(N2C(=O)C3ON=C(c4cnn(C)c4C)C3C2=O)cc1. The van der Waals surface area contributed by atoms with Gasteiger partial charge in [-0.3, -0.25) is 19.1 Å². The summed E-state index contributed by atoms with van der Waals surface area (Å²) < 4.78 is 1.67. The van der Waals surface area contributed by atoms with Gasteiger partial charge in [0.1, 0.15) is 11.6 Å². The molecule has 1 aromatic carbocycles. The summed E-state index contributed by atoms with van der Waals surface area (Å²) in [5.41, 5.74) is 2.86. The summed E-state index contributed by atoms with van der Waals surface area (Å²) in [7, 11) is 1.79. The number of ketones is 1. The largest absolute Gasteiger partial charge is 0.381 e. The number of anilines is 1. The molecule has 0 saturated carbocycles. The van der Waals surface area contributed by atoms with Crippen molar-refractivity contribution in [2.45, 2.75) is 20.0 Å². The predicted molar refractivity (Wildman–Crippen MR) is 91.8 cm³/mol. The lowest BCUT2D eigenvalue weighted by Crippen LogP contribution is -2.33. The van der Waals surface area contributed by atoms with E-state index in [0.717, 1.165) is 10.6 Å². The number of carbonyl (C=O) groups excluding carboxylic acids is 3. The second-order valence-electron chi connectivity index (χ2n) is 6.36. The molecule has 0 spiro atoms. The van der Waals surface area contributed by atoms with E-state index >= 15 is 0 Å². The van der Waals surface area contributed by atoms with E-state index in [0.29, 0.717) is 22.5 Å². The molecule has 2 amide bonds. The number of imide groups is 1. The number of carbonyl (C=O) groups is 3. The zero-order chi connectivity index (χ0) is 18.6. The molecule has 3 heterocycles. The third kappa shape index (κ3) is 2.18. The molecule has 1 saturated heterocycles. The number of Topliss-reactive ketones (excluding diaryl/α,β-unsaturated/α-hetero) is 1. The molecule has 0 radical (unpaired) electrons. The van der Waals surface area contributed by atoms with Gasteiger partial charge >= 0.3 is 0 Å². The Morgan fingerprint density at radius 1 is 1.15 bits per heavy atom. The molecule has 2 aromatic rings. The fraction of sp³-hybridized carbons (Fsp3) is 0.278. The van der Waals surface area contributed by atoms with E-state index in [1.165, 1.54) is 6.92 Å². The van der Waals surface area contributed by atoms with Crippen molar-refractivity contribution < 1.29 is 19.2 Å². The zero-order valence-corrected chi connectivity index (χ0v) is 14.5. The van der Waals surface area contributed by atoms with Gasteiger partial charge in [0.15, 0.2) is 5.78 Å². The molecule has 8 nitrogen and oxygen atoms in total. The first-order valence-corrected chi connectivity index (χ1v) is 8.11. The van der Waals surface area contributed by atoms with E-state index in [9.17, 15) is 14.4 Å². The van der Waals surface area contributed by atoms with E-state index in [-0.39, 0.29) is 5.78 Å². The Bertz CT molecular complexity index is 974. The van der Waals surface area contributed by atoms with E-state index in [4.69, 9.17) is 4.84 Å². The Balaban J connectivity index is 1.69. The summed E-state index contributed by atoms with van der Waals surface area (Å²) in [6.07, 6.45) is 0.645. The Morgan fingerprint density at radius 2 is 1.85 bits per heavy atom. The summed E-state index contributed by atoms with van der Waals surface area (Å²) in [6.45, 7) is 3.32. The van der Waals surface area contributed by atoms with Gasteiger partial charge in [0.25, 0.3) is 5.91 Å². The Labute approximate surface area is 149 Å². The van der Waals surface area contributed by atoms with Crippen LogP contribution in [0.1, 0.15) is 28.5 Å². The molecule has 2 unspecified atom stereocenters. The minimum atomic E-state index is -0.968. The average molecular weight is 352 g/mol. The normalized spacial score (nSPS) is 21.7. The van der Waals surface area contributed by atoms with Crippen LogP contribution in [-0.2, 0) is 21.5 Å². The molecule has 8 heteroatoms. The third-order valence-electron chi connectivity index (χ3n) is 4.86. The van der Waals surface area contributed by atoms with Crippen LogP contribution >= 0.6 is 0 Å². The van der Waals surface area contributed by atoms with E-state index in [1.807, 2.05) is 6.92 Å². The van der Waals surface area contributed by atoms with Gasteiger partial charge < -0.3 is 4.84 Å². The van der Waals surface area contributed by atoms with Crippen LogP contribution in [0.25, 0.3) is 0 Å². The van der Waals surface area contributed by atoms with Crippen molar-refractivity contribution in [1.29, 1.82) is 0 Å². The number of hydrogen-bond acceptors (Lipinski definition) is 6. The molecule has 0 N–H and O–H groups in total. The fourth-order valence-corrected chi connectivity index (χ4v) is 3.25. The Morgan fingerprint density at radius 3 is 2.42 bits per heavy atom. The molecule has 1 fully saturated rings. The number of aryl methyl sites for hydroxylation is 1. The van der Waals surface area contributed by atoms with Crippen LogP contribution in [0, 0.1) is 12.8 Å². The lowest BCUT2D eigenvalue weighted by atomic mass is 9.94. The van der Waals surface area contributed by atoms with Crippen molar-refractivity contribution in [3.8, 4) is 0 Å². The molecule has 0 bridgehead atoms. The Kier molecular flexibility index (Phi) is 3.50. The number of amides is 2. The van der Waals surface area contributed by atoms with Crippen LogP contribution in [0.15, 0.2) is 35.6 Å². The first-order valence-electron chi connectivity index (χ1n) is 8.11. The maximum absolute atomic E-state index is 13.0. The number of hydrogen-bond donors (Lipinski definition) is 0. The standard InChI is InChI=1S/C18H16N4O4/c1-9-13(8-19-21(9)3)15-14-16(26-20-15)18(25)22(17(14)24)12-6-4-11(5-7-12)10(2)23/h4-8,14,16H,1-3H3. The topological polar surface area (TPSA) is 93.9 Å². The molecule has 4 rings (SSSR count). The lowest BCUT2D eigenvalue weighted by molar-refractivity contribution is -0.126. The highest BCUT2D eigenvalue weighted by atomic mass is 16.6. The maximum Gasteiger partial charge on any atom is 0.278 e. The van der Waals surface area contributed by atoms with Crippen molar-refractivity contribution in [3.63, 3.8) is 0 Å². The molecule has 26 heavy (non-hydrogen) atoms. The van der Waals surface area contributed by atoms with Crippen LogP contribution in [0.5, 0.6) is 0 Å². The Hall–Kier alpha value is -3.29. The number of rotatable bonds is 3. The monoisotopic (exact) mass is 352 g/mol. The van der Waals surface area contributed by atoms with Gasteiger partial charge in [-0.2, -0.15) is 5.10 Å². The minimum absolute atomic E-state index is 0.0858. The second-order valence-corrected chi connectivity index (χ2v) is 6.36. The highest BCUT2D eigenvalue weighted by Crippen LogP contribution is 2.35.